The lowest BCUT2D eigenvalue weighted by molar-refractivity contribution is 0.0950. The molecule has 0 unspecified atom stereocenters. The SMILES string of the molecule is COc1ccc(CNC(=O)c2cccc(Cl)c2C)cc1N. The van der Waals surface area contributed by atoms with E-state index in [1.165, 1.54) is 0 Å². The fourth-order valence-electron chi connectivity index (χ4n) is 2.02. The standard InChI is InChI=1S/C16H17ClN2O2/c1-10-12(4-3-5-13(10)17)16(20)19-9-11-6-7-15(21-2)14(18)8-11/h3-8H,9,18H2,1-2H3,(H,19,20). The molecule has 0 aromatic heterocycles. The first kappa shape index (κ1) is 15.2. The van der Waals surface area contributed by atoms with Crippen molar-refractivity contribution < 1.29 is 9.53 Å². The van der Waals surface area contributed by atoms with E-state index in [1.807, 2.05) is 13.0 Å². The number of nitrogen functional groups attached to an aromatic ring is 1. The quantitative estimate of drug-likeness (QED) is 0.853. The summed E-state index contributed by atoms with van der Waals surface area (Å²) in [5.74, 6) is 0.458. The van der Waals surface area contributed by atoms with Crippen LogP contribution in [0.4, 0.5) is 5.69 Å². The molecule has 3 N–H and O–H groups in total. The van der Waals surface area contributed by atoms with Crippen LogP contribution in [0.25, 0.3) is 0 Å². The van der Waals surface area contributed by atoms with Gasteiger partial charge in [0.25, 0.3) is 5.91 Å². The number of methoxy groups -OCH3 is 1. The minimum Gasteiger partial charge on any atom is -0.495 e. The van der Waals surface area contributed by atoms with Gasteiger partial charge in [0, 0.05) is 17.1 Å². The van der Waals surface area contributed by atoms with Crippen LogP contribution >= 0.6 is 11.6 Å². The van der Waals surface area contributed by atoms with E-state index < -0.39 is 0 Å². The number of nitrogens with one attached hydrogen (secondary N) is 1. The largest absolute Gasteiger partial charge is 0.495 e. The molecule has 4 nitrogen and oxygen atoms in total. The monoisotopic (exact) mass is 304 g/mol. The molecule has 0 aliphatic rings. The summed E-state index contributed by atoms with van der Waals surface area (Å²) in [6.07, 6.45) is 0. The molecular weight excluding hydrogens is 288 g/mol. The van der Waals surface area contributed by atoms with Gasteiger partial charge < -0.3 is 15.8 Å². The average molecular weight is 305 g/mol. The number of halogens is 1. The maximum absolute atomic E-state index is 12.2. The van der Waals surface area contributed by atoms with Crippen molar-refractivity contribution in [2.45, 2.75) is 13.5 Å². The first-order valence-corrected chi connectivity index (χ1v) is 6.86. The zero-order valence-electron chi connectivity index (χ0n) is 11.9. The third kappa shape index (κ3) is 3.47. The molecule has 0 bridgehead atoms. The van der Waals surface area contributed by atoms with Crippen molar-refractivity contribution in [2.75, 3.05) is 12.8 Å². The second-order valence-corrected chi connectivity index (χ2v) is 5.08. The molecule has 0 aliphatic heterocycles. The summed E-state index contributed by atoms with van der Waals surface area (Å²) in [6.45, 7) is 2.21. The number of ether oxygens (including phenoxy) is 1. The smallest absolute Gasteiger partial charge is 0.251 e. The van der Waals surface area contributed by atoms with Gasteiger partial charge in [-0.2, -0.15) is 0 Å². The molecule has 1 amide bonds. The van der Waals surface area contributed by atoms with Crippen LogP contribution in [0.5, 0.6) is 5.75 Å². The number of hydrogen-bond acceptors (Lipinski definition) is 3. The average Bonchev–Trinajstić information content (AvgIpc) is 2.47. The molecule has 0 spiro atoms. The Labute approximate surface area is 128 Å². The fourth-order valence-corrected chi connectivity index (χ4v) is 2.20. The summed E-state index contributed by atoms with van der Waals surface area (Å²) in [4.78, 5) is 12.2. The van der Waals surface area contributed by atoms with Crippen molar-refractivity contribution in [3.05, 3.63) is 58.1 Å². The summed E-state index contributed by atoms with van der Waals surface area (Å²) in [5, 5.41) is 3.43. The molecule has 5 heteroatoms. The van der Waals surface area contributed by atoms with Gasteiger partial charge in [0.05, 0.1) is 12.8 Å². The van der Waals surface area contributed by atoms with Crippen LogP contribution in [0.3, 0.4) is 0 Å². The number of benzene rings is 2. The van der Waals surface area contributed by atoms with E-state index in [4.69, 9.17) is 22.1 Å². The van der Waals surface area contributed by atoms with Crippen LogP contribution in [0, 0.1) is 6.92 Å². The van der Waals surface area contributed by atoms with Crippen molar-refractivity contribution in [1.82, 2.24) is 5.32 Å². The zero-order chi connectivity index (χ0) is 15.4. The lowest BCUT2D eigenvalue weighted by Crippen LogP contribution is -2.23. The molecule has 0 atom stereocenters. The van der Waals surface area contributed by atoms with Crippen LogP contribution in [-0.2, 0) is 6.54 Å². The van der Waals surface area contributed by atoms with E-state index >= 15 is 0 Å². The summed E-state index contributed by atoms with van der Waals surface area (Å²) in [6, 6.07) is 10.7. The van der Waals surface area contributed by atoms with Crippen LogP contribution in [0.2, 0.25) is 5.02 Å². The predicted molar refractivity (Wildman–Crippen MR) is 84.8 cm³/mol. The highest BCUT2D eigenvalue weighted by Crippen LogP contribution is 2.22. The predicted octanol–water partition coefficient (Wildman–Crippen LogP) is 3.17. The number of amides is 1. The Hall–Kier alpha value is -2.20. The van der Waals surface area contributed by atoms with Gasteiger partial charge in [-0.15, -0.1) is 0 Å². The number of carbonyl (C=O) groups excluding carboxylic acids is 1. The van der Waals surface area contributed by atoms with Gasteiger partial charge in [0.15, 0.2) is 0 Å². The summed E-state index contributed by atoms with van der Waals surface area (Å²) in [7, 11) is 1.56. The van der Waals surface area contributed by atoms with Crippen molar-refractivity contribution >= 4 is 23.2 Å². The molecule has 110 valence electrons. The van der Waals surface area contributed by atoms with E-state index in [-0.39, 0.29) is 5.91 Å². The highest BCUT2D eigenvalue weighted by Gasteiger charge is 2.10. The normalized spacial score (nSPS) is 10.2. The topological polar surface area (TPSA) is 64.3 Å². The Morgan fingerprint density at radius 3 is 2.76 bits per heavy atom. The second kappa shape index (κ2) is 6.50. The Kier molecular flexibility index (Phi) is 4.70. The first-order chi connectivity index (χ1) is 10.0. The minimum atomic E-state index is -0.163. The molecule has 0 aliphatic carbocycles. The van der Waals surface area contributed by atoms with E-state index in [9.17, 15) is 4.79 Å². The van der Waals surface area contributed by atoms with Crippen molar-refractivity contribution in [2.24, 2.45) is 0 Å². The molecule has 2 aromatic rings. The van der Waals surface area contributed by atoms with Gasteiger partial charge in [-0.25, -0.2) is 0 Å². The van der Waals surface area contributed by atoms with Gasteiger partial charge in [0.1, 0.15) is 5.75 Å². The third-order valence-electron chi connectivity index (χ3n) is 3.26. The van der Waals surface area contributed by atoms with Gasteiger partial charge in [0.2, 0.25) is 0 Å². The number of anilines is 1. The molecule has 0 radical (unpaired) electrons. The van der Waals surface area contributed by atoms with Crippen molar-refractivity contribution in [3.63, 3.8) is 0 Å². The zero-order valence-corrected chi connectivity index (χ0v) is 12.7. The van der Waals surface area contributed by atoms with E-state index in [1.54, 1.807) is 37.4 Å². The van der Waals surface area contributed by atoms with Crippen LogP contribution in [0.1, 0.15) is 21.5 Å². The Bertz CT molecular complexity index is 671. The lowest BCUT2D eigenvalue weighted by Gasteiger charge is -2.10. The van der Waals surface area contributed by atoms with Crippen LogP contribution < -0.4 is 15.8 Å². The molecule has 0 heterocycles. The molecule has 0 fully saturated rings. The summed E-state index contributed by atoms with van der Waals surface area (Å²) in [5.41, 5.74) is 8.63. The highest BCUT2D eigenvalue weighted by atomic mass is 35.5. The van der Waals surface area contributed by atoms with E-state index in [2.05, 4.69) is 5.32 Å². The number of hydrogen-bond donors (Lipinski definition) is 2. The Morgan fingerprint density at radius 2 is 2.10 bits per heavy atom. The summed E-state index contributed by atoms with van der Waals surface area (Å²) >= 11 is 6.02. The van der Waals surface area contributed by atoms with Gasteiger partial charge in [-0.05, 0) is 42.3 Å². The van der Waals surface area contributed by atoms with E-state index in [0.29, 0.717) is 28.6 Å². The first-order valence-electron chi connectivity index (χ1n) is 6.48. The Morgan fingerprint density at radius 1 is 1.33 bits per heavy atom. The number of rotatable bonds is 4. The molecular formula is C16H17ClN2O2. The van der Waals surface area contributed by atoms with Gasteiger partial charge in [-0.3, -0.25) is 4.79 Å². The minimum absolute atomic E-state index is 0.163. The number of nitrogens with two attached hydrogens (primary N) is 1. The molecule has 0 saturated carbocycles. The van der Waals surface area contributed by atoms with Gasteiger partial charge >= 0.3 is 0 Å². The van der Waals surface area contributed by atoms with Crippen molar-refractivity contribution in [1.29, 1.82) is 0 Å². The highest BCUT2D eigenvalue weighted by molar-refractivity contribution is 6.31. The maximum Gasteiger partial charge on any atom is 0.251 e. The Balaban J connectivity index is 2.07. The summed E-state index contributed by atoms with van der Waals surface area (Å²) < 4.78 is 5.10. The lowest BCUT2D eigenvalue weighted by atomic mass is 10.1. The third-order valence-corrected chi connectivity index (χ3v) is 3.67. The van der Waals surface area contributed by atoms with Crippen LogP contribution in [-0.4, -0.2) is 13.0 Å². The molecule has 21 heavy (non-hydrogen) atoms. The molecule has 0 saturated heterocycles. The molecule has 2 aromatic carbocycles. The molecule has 2 rings (SSSR count). The van der Waals surface area contributed by atoms with E-state index in [0.717, 1.165) is 11.1 Å². The number of carbonyl (C=O) groups is 1. The van der Waals surface area contributed by atoms with Gasteiger partial charge in [-0.1, -0.05) is 23.7 Å². The second-order valence-electron chi connectivity index (χ2n) is 4.67. The van der Waals surface area contributed by atoms with Crippen molar-refractivity contribution in [3.8, 4) is 5.75 Å². The van der Waals surface area contributed by atoms with Crippen LogP contribution in [0.15, 0.2) is 36.4 Å². The fraction of sp³-hybridized carbons (Fsp3) is 0.188. The maximum atomic E-state index is 12.2.